The van der Waals surface area contributed by atoms with Crippen LogP contribution >= 0.6 is 0 Å². The van der Waals surface area contributed by atoms with Gasteiger partial charge in [-0.05, 0) is 85.0 Å². The van der Waals surface area contributed by atoms with Crippen LogP contribution in [0.4, 0.5) is 0 Å². The maximum atomic E-state index is 12.2. The number of ketones is 1. The second-order valence-electron chi connectivity index (χ2n) is 9.14. The highest BCUT2D eigenvalue weighted by molar-refractivity contribution is 5.83. The van der Waals surface area contributed by atoms with Crippen molar-refractivity contribution in [3.63, 3.8) is 0 Å². The van der Waals surface area contributed by atoms with Gasteiger partial charge in [0.1, 0.15) is 12.4 Å². The highest BCUT2D eigenvalue weighted by atomic mass is 16.4. The van der Waals surface area contributed by atoms with Gasteiger partial charge in [0.15, 0.2) is 5.78 Å². The molecule has 0 radical (unpaired) electrons. The van der Waals surface area contributed by atoms with E-state index < -0.39 is 11.9 Å². The Balaban J connectivity index is 0.000000370. The van der Waals surface area contributed by atoms with Crippen molar-refractivity contribution in [2.75, 3.05) is 6.61 Å². The number of benzene rings is 1. The third-order valence-electron chi connectivity index (χ3n) is 7.25. The van der Waals surface area contributed by atoms with Crippen LogP contribution in [0.1, 0.15) is 69.9 Å². The van der Waals surface area contributed by atoms with E-state index in [1.54, 1.807) is 0 Å². The zero-order chi connectivity index (χ0) is 23.3. The summed E-state index contributed by atoms with van der Waals surface area (Å²) in [5, 5.41) is 33.9. The standard InChI is InChI=1S/C20H26O3.2C2H4O2/c1-20-9-8-15-14-5-3-13(22)10-12(14)2-4-16(15)17(20)6-7-18(20)19(23)11-21;2*1-2(3)4/h3,5,10,15-18,21-22H,2,4,6-9,11H2,1H3;2*1H3,(H,3,4)/t15-,16-,17+,18-,20+;;/m1../s1. The molecule has 4 N–H and O–H groups in total. The number of carbonyl (C=O) groups excluding carboxylic acids is 1. The SMILES string of the molecule is CC(=O)O.CC(=O)O.C[C@]12CC[C@@H]3c4ccc(O)cc4CC[C@H]3[C@@H]1CC[C@@H]2C(=O)CO. The van der Waals surface area contributed by atoms with E-state index in [4.69, 9.17) is 19.8 Å². The topological polar surface area (TPSA) is 132 Å². The first-order valence-electron chi connectivity index (χ1n) is 10.9. The molecule has 0 bridgehead atoms. The second-order valence-corrected chi connectivity index (χ2v) is 9.14. The number of carbonyl (C=O) groups is 3. The number of phenols is 1. The molecule has 3 aliphatic carbocycles. The molecule has 2 saturated carbocycles. The van der Waals surface area contributed by atoms with Gasteiger partial charge in [-0.15, -0.1) is 0 Å². The van der Waals surface area contributed by atoms with Crippen LogP contribution in [0, 0.1) is 23.2 Å². The minimum Gasteiger partial charge on any atom is -0.508 e. The summed E-state index contributed by atoms with van der Waals surface area (Å²) in [4.78, 5) is 30.2. The lowest BCUT2D eigenvalue weighted by atomic mass is 9.54. The number of rotatable bonds is 2. The summed E-state index contributed by atoms with van der Waals surface area (Å²) in [7, 11) is 0. The molecule has 0 spiro atoms. The predicted octanol–water partition coefficient (Wildman–Crippen LogP) is 3.61. The molecule has 0 aliphatic heterocycles. The molecule has 0 aromatic heterocycles. The molecule has 5 atom stereocenters. The number of phenolic OH excluding ortho intramolecular Hbond substituents is 1. The Morgan fingerprint density at radius 1 is 1.03 bits per heavy atom. The summed E-state index contributed by atoms with van der Waals surface area (Å²) < 4.78 is 0. The van der Waals surface area contributed by atoms with Crippen LogP contribution in [-0.2, 0) is 20.8 Å². The van der Waals surface area contributed by atoms with Gasteiger partial charge in [-0.2, -0.15) is 0 Å². The maximum absolute atomic E-state index is 12.2. The number of carboxylic acids is 2. The van der Waals surface area contributed by atoms with Crippen molar-refractivity contribution >= 4 is 17.7 Å². The highest BCUT2D eigenvalue weighted by Crippen LogP contribution is 2.63. The first-order valence-corrected chi connectivity index (χ1v) is 10.9. The Morgan fingerprint density at radius 3 is 2.23 bits per heavy atom. The third-order valence-corrected chi connectivity index (χ3v) is 7.25. The summed E-state index contributed by atoms with van der Waals surface area (Å²) in [6, 6.07) is 5.88. The van der Waals surface area contributed by atoms with Crippen molar-refractivity contribution in [3.8, 4) is 5.75 Å². The van der Waals surface area contributed by atoms with Crippen LogP contribution in [0.3, 0.4) is 0 Å². The van der Waals surface area contributed by atoms with E-state index in [1.165, 1.54) is 17.5 Å². The number of aliphatic carboxylic acids is 2. The number of carboxylic acid groups (broad SMARTS) is 2. The molecule has 7 nitrogen and oxygen atoms in total. The van der Waals surface area contributed by atoms with Crippen molar-refractivity contribution in [2.24, 2.45) is 23.2 Å². The normalized spacial score (nSPS) is 30.2. The van der Waals surface area contributed by atoms with E-state index >= 15 is 0 Å². The van der Waals surface area contributed by atoms with Gasteiger partial charge >= 0.3 is 0 Å². The summed E-state index contributed by atoms with van der Waals surface area (Å²) in [5.41, 5.74) is 2.82. The van der Waals surface area contributed by atoms with E-state index in [-0.39, 0.29) is 23.7 Å². The summed E-state index contributed by atoms with van der Waals surface area (Å²) >= 11 is 0. The Labute approximate surface area is 183 Å². The average Bonchev–Trinajstić information content (AvgIpc) is 3.03. The van der Waals surface area contributed by atoms with Crippen molar-refractivity contribution < 1.29 is 34.8 Å². The van der Waals surface area contributed by atoms with Crippen LogP contribution in [-0.4, -0.2) is 44.8 Å². The lowest BCUT2D eigenvalue weighted by Gasteiger charge is -2.50. The van der Waals surface area contributed by atoms with Crippen molar-refractivity contribution in [3.05, 3.63) is 29.3 Å². The molecule has 172 valence electrons. The third kappa shape index (κ3) is 5.64. The van der Waals surface area contributed by atoms with Crippen LogP contribution in [0.5, 0.6) is 5.75 Å². The fourth-order valence-corrected chi connectivity index (χ4v) is 6.21. The fourth-order valence-electron chi connectivity index (χ4n) is 6.21. The lowest BCUT2D eigenvalue weighted by Crippen LogP contribution is -2.44. The highest BCUT2D eigenvalue weighted by Gasteiger charge is 2.56. The fraction of sp³-hybridized carbons (Fsp3) is 0.625. The monoisotopic (exact) mass is 434 g/mol. The average molecular weight is 435 g/mol. The number of hydrogen-bond acceptors (Lipinski definition) is 5. The van der Waals surface area contributed by atoms with Crippen LogP contribution in [0.2, 0.25) is 0 Å². The van der Waals surface area contributed by atoms with Gasteiger partial charge in [0, 0.05) is 19.8 Å². The number of aliphatic hydroxyl groups is 1. The number of hydrogen-bond donors (Lipinski definition) is 4. The molecule has 0 heterocycles. The van der Waals surface area contributed by atoms with Crippen LogP contribution in [0.25, 0.3) is 0 Å². The van der Waals surface area contributed by atoms with E-state index in [9.17, 15) is 15.0 Å². The minimum atomic E-state index is -0.833. The second kappa shape index (κ2) is 10.3. The molecular weight excluding hydrogens is 400 g/mol. The maximum Gasteiger partial charge on any atom is 0.300 e. The molecule has 0 unspecified atom stereocenters. The molecule has 0 amide bonds. The Kier molecular flexibility index (Phi) is 8.23. The van der Waals surface area contributed by atoms with Gasteiger partial charge in [0.25, 0.3) is 11.9 Å². The minimum absolute atomic E-state index is 0.0505. The first-order chi connectivity index (χ1) is 14.5. The van der Waals surface area contributed by atoms with E-state index in [0.717, 1.165) is 46.0 Å². The van der Waals surface area contributed by atoms with Crippen molar-refractivity contribution in [1.82, 2.24) is 0 Å². The van der Waals surface area contributed by atoms with Crippen molar-refractivity contribution in [1.29, 1.82) is 0 Å². The zero-order valence-electron chi connectivity index (χ0n) is 18.5. The first kappa shape index (κ1) is 24.9. The number of aryl methyl sites for hydroxylation is 1. The van der Waals surface area contributed by atoms with Gasteiger partial charge in [-0.3, -0.25) is 14.4 Å². The van der Waals surface area contributed by atoms with Gasteiger partial charge in [-0.25, -0.2) is 0 Å². The van der Waals surface area contributed by atoms with E-state index in [0.29, 0.717) is 23.5 Å². The number of Topliss-reactive ketones (excluding diaryl/α,β-unsaturated/α-hetero) is 1. The summed E-state index contributed by atoms with van der Waals surface area (Å²) in [6.07, 6.45) is 6.49. The molecule has 3 aliphatic rings. The zero-order valence-corrected chi connectivity index (χ0v) is 18.5. The molecular formula is C24H34O7. The summed E-state index contributed by atoms with van der Waals surface area (Å²) in [6.45, 7) is 4.16. The Bertz CT molecular complexity index is 798. The van der Waals surface area contributed by atoms with Gasteiger partial charge in [0.2, 0.25) is 0 Å². The van der Waals surface area contributed by atoms with Gasteiger partial charge in [-0.1, -0.05) is 13.0 Å². The molecule has 1 aromatic carbocycles. The molecule has 1 aromatic rings. The molecule has 0 saturated heterocycles. The molecule has 2 fully saturated rings. The number of aromatic hydroxyl groups is 1. The van der Waals surface area contributed by atoms with Gasteiger partial charge in [0.05, 0.1) is 0 Å². The molecule has 4 rings (SSSR count). The summed E-state index contributed by atoms with van der Waals surface area (Å²) in [5.74, 6) is 0.651. The largest absolute Gasteiger partial charge is 0.508 e. The van der Waals surface area contributed by atoms with E-state index in [1.807, 2.05) is 12.1 Å². The molecule has 7 heteroatoms. The number of fused-ring (bicyclic) bond motifs is 5. The van der Waals surface area contributed by atoms with Crippen LogP contribution < -0.4 is 0 Å². The molecule has 31 heavy (non-hydrogen) atoms. The van der Waals surface area contributed by atoms with Gasteiger partial charge < -0.3 is 20.4 Å². The predicted molar refractivity (Wildman–Crippen MR) is 115 cm³/mol. The van der Waals surface area contributed by atoms with Crippen molar-refractivity contribution in [2.45, 2.75) is 65.2 Å². The quantitative estimate of drug-likeness (QED) is 0.559. The Morgan fingerprint density at radius 2 is 1.65 bits per heavy atom. The smallest absolute Gasteiger partial charge is 0.300 e. The van der Waals surface area contributed by atoms with Crippen LogP contribution in [0.15, 0.2) is 18.2 Å². The van der Waals surface area contributed by atoms with E-state index in [2.05, 4.69) is 13.0 Å². The Hall–Kier alpha value is -2.41. The number of aliphatic hydroxyl groups excluding tert-OH is 1. The lowest BCUT2D eigenvalue weighted by molar-refractivity contribution is -0.135.